The van der Waals surface area contributed by atoms with Crippen molar-refractivity contribution in [2.45, 2.75) is 9.79 Å². The Morgan fingerprint density at radius 3 is 1.44 bits per heavy atom. The van der Waals surface area contributed by atoms with Crippen LogP contribution in [0.25, 0.3) is 33.4 Å². The summed E-state index contributed by atoms with van der Waals surface area (Å²) in [7, 11) is 0. The molecule has 18 rings (SSSR count). The largest absolute Gasteiger partial charge is 0.355 e. The van der Waals surface area contributed by atoms with Crippen molar-refractivity contribution in [3.8, 4) is 33.4 Å². The number of anilines is 14. The molecule has 0 bridgehead atoms. The Morgan fingerprint density at radius 1 is 0.312 bits per heavy atom. The van der Waals surface area contributed by atoms with Gasteiger partial charge in [-0.25, -0.2) is 4.39 Å². The van der Waals surface area contributed by atoms with Gasteiger partial charge >= 0.3 is 0 Å². The number of benzene rings is 14. The van der Waals surface area contributed by atoms with Gasteiger partial charge in [0, 0.05) is 89.0 Å². The summed E-state index contributed by atoms with van der Waals surface area (Å²) in [4.78, 5) is 11.8. The van der Waals surface area contributed by atoms with Crippen molar-refractivity contribution >= 4 is 138 Å². The molecule has 4 aliphatic rings. The molecule has 9 heteroatoms. The topological polar surface area (TPSA) is 25.0 Å². The quantitative estimate of drug-likeness (QED) is 0.130. The molecule has 0 spiro atoms. The van der Waals surface area contributed by atoms with Crippen LogP contribution in [0.2, 0.25) is 0 Å². The summed E-state index contributed by atoms with van der Waals surface area (Å²) >= 11 is 1.81. The normalized spacial score (nSPS) is 12.8. The second kappa shape index (κ2) is 22.5. The van der Waals surface area contributed by atoms with Crippen LogP contribution in [0, 0.1) is 5.82 Å². The Labute approximate surface area is 546 Å². The highest BCUT2D eigenvalue weighted by Crippen LogP contribution is 2.53. The highest BCUT2D eigenvalue weighted by Gasteiger charge is 2.48. The SMILES string of the molecule is Fc1cccc(-c2ccccc2)c1N1c2cc3c(cc2B2c4ccccc4N(c4ccccc4)c4cc(N(c5ccccc5)c5ccccc5)cc1c42)B1c2ccccc2N(c2ccccc2-c2ccccc2)c2cc(Nc4ccccc4-c4ccccc4)cc(c21)S3. The van der Waals surface area contributed by atoms with Gasteiger partial charge in [-0.2, -0.15) is 0 Å². The van der Waals surface area contributed by atoms with Crippen LogP contribution in [0.5, 0.6) is 0 Å². The molecule has 0 saturated heterocycles. The first-order valence-corrected chi connectivity index (χ1v) is 32.6. The van der Waals surface area contributed by atoms with E-state index in [9.17, 15) is 0 Å². The zero-order valence-corrected chi connectivity index (χ0v) is 51.3. The molecule has 0 radical (unpaired) electrons. The molecular weight excluding hydrogens is 1150 g/mol. The monoisotopic (exact) mass is 1210 g/mol. The van der Waals surface area contributed by atoms with Gasteiger partial charge in [-0.05, 0) is 141 Å². The fourth-order valence-corrected chi connectivity index (χ4v) is 16.2. The third-order valence-electron chi connectivity index (χ3n) is 18.9. The molecule has 0 aliphatic carbocycles. The lowest BCUT2D eigenvalue weighted by atomic mass is 9.31. The van der Waals surface area contributed by atoms with Crippen molar-refractivity contribution in [1.82, 2.24) is 0 Å². The molecular formula is C84H56B2FN5S. The number of hydrogen-bond acceptors (Lipinski definition) is 6. The standard InChI is InChI=1S/C84H56B2FN5S/c87-71-45-27-42-66(58-32-11-3-12-33-58)84(71)92-76-55-80-70(54-69(76)85-67-43-21-25-48-74(67)90(62-38-17-6-18-39-62)78-52-63(53-79(92)82(78)85)89(60-34-13-4-14-35-60)61-36-15-5-16-37-61)86-68-44-22-26-49-75(68)91(73-47-24-20-41-65(73)57-30-9-2-10-31-57)77-50-59(51-81(93-80)83(77)86)88-72-46-23-19-40-64(72)56-28-7-1-8-29-56/h1-55,88H. The van der Waals surface area contributed by atoms with Gasteiger partial charge < -0.3 is 24.9 Å². The van der Waals surface area contributed by atoms with E-state index in [4.69, 9.17) is 0 Å². The third-order valence-corrected chi connectivity index (χ3v) is 20.0. The number of rotatable bonds is 11. The Hall–Kier alpha value is -11.5. The van der Waals surface area contributed by atoms with Crippen LogP contribution in [0.1, 0.15) is 0 Å². The smallest absolute Gasteiger partial charge is 0.252 e. The summed E-state index contributed by atoms with van der Waals surface area (Å²) in [6.45, 7) is -0.464. The van der Waals surface area contributed by atoms with E-state index < -0.39 is 0 Å². The highest BCUT2D eigenvalue weighted by atomic mass is 32.2. The molecule has 0 unspecified atom stereocenters. The number of nitrogens with one attached hydrogen (secondary N) is 1. The zero-order valence-electron chi connectivity index (χ0n) is 50.5. The van der Waals surface area contributed by atoms with E-state index in [1.54, 1.807) is 6.07 Å². The minimum atomic E-state index is -0.317. The number of nitrogens with zero attached hydrogens (tertiary/aromatic N) is 4. The summed E-state index contributed by atoms with van der Waals surface area (Å²) in [5.41, 5.74) is 27.0. The molecule has 1 N–H and O–H groups in total. The molecule has 436 valence electrons. The molecule has 0 amide bonds. The Balaban J connectivity index is 0.928. The van der Waals surface area contributed by atoms with E-state index in [0.29, 0.717) is 5.69 Å². The average Bonchev–Trinajstić information content (AvgIpc) is 0.691. The van der Waals surface area contributed by atoms with Crippen LogP contribution in [0.4, 0.5) is 84.0 Å². The first kappa shape index (κ1) is 54.4. The second-order valence-corrected chi connectivity index (χ2v) is 25.2. The van der Waals surface area contributed by atoms with Crippen LogP contribution in [-0.2, 0) is 0 Å². The Morgan fingerprint density at radius 2 is 0.796 bits per heavy atom. The number of hydrogen-bond donors (Lipinski definition) is 1. The van der Waals surface area contributed by atoms with Gasteiger partial charge in [0.25, 0.3) is 6.71 Å². The molecule has 0 aromatic heterocycles. The highest BCUT2D eigenvalue weighted by molar-refractivity contribution is 8.00. The van der Waals surface area contributed by atoms with Crippen molar-refractivity contribution in [1.29, 1.82) is 0 Å². The molecule has 4 aliphatic heterocycles. The molecule has 0 atom stereocenters. The molecule has 14 aromatic rings. The first-order chi connectivity index (χ1) is 46.1. The van der Waals surface area contributed by atoms with Gasteiger partial charge in [0.2, 0.25) is 6.71 Å². The predicted molar refractivity (Wildman–Crippen MR) is 391 cm³/mol. The van der Waals surface area contributed by atoms with Crippen LogP contribution in [-0.4, -0.2) is 13.4 Å². The third kappa shape index (κ3) is 9.02. The van der Waals surface area contributed by atoms with E-state index >= 15 is 4.39 Å². The summed E-state index contributed by atoms with van der Waals surface area (Å²) < 4.78 is 18.4. The van der Waals surface area contributed by atoms with Gasteiger partial charge in [-0.3, -0.25) is 0 Å². The summed E-state index contributed by atoms with van der Waals surface area (Å²) in [5, 5.41) is 4.01. The molecule has 0 saturated carbocycles. The van der Waals surface area contributed by atoms with E-state index in [-0.39, 0.29) is 19.2 Å². The number of fused-ring (bicyclic) bond motifs is 8. The fourth-order valence-electron chi connectivity index (χ4n) is 15.0. The average molecular weight is 1210 g/mol. The van der Waals surface area contributed by atoms with Gasteiger partial charge in [0.1, 0.15) is 5.82 Å². The molecule has 5 nitrogen and oxygen atoms in total. The number of halogens is 1. The predicted octanol–water partition coefficient (Wildman–Crippen LogP) is 18.9. The molecule has 14 aromatic carbocycles. The maximum atomic E-state index is 18.4. The van der Waals surface area contributed by atoms with E-state index in [1.807, 2.05) is 36.0 Å². The van der Waals surface area contributed by atoms with E-state index in [1.165, 1.54) is 21.9 Å². The number of para-hydroxylation sites is 8. The maximum absolute atomic E-state index is 18.4. The van der Waals surface area contributed by atoms with Crippen molar-refractivity contribution in [3.63, 3.8) is 0 Å². The Bertz CT molecular complexity index is 5180. The zero-order chi connectivity index (χ0) is 61.5. The van der Waals surface area contributed by atoms with Gasteiger partial charge in [-0.15, -0.1) is 0 Å². The Kier molecular flexibility index (Phi) is 13.1. The minimum Gasteiger partial charge on any atom is -0.355 e. The van der Waals surface area contributed by atoms with Gasteiger partial charge in [-0.1, -0.05) is 254 Å². The summed E-state index contributed by atoms with van der Waals surface area (Å²) in [6.07, 6.45) is 0. The van der Waals surface area contributed by atoms with Crippen molar-refractivity contribution in [2.75, 3.05) is 24.9 Å². The summed E-state index contributed by atoms with van der Waals surface area (Å²) in [5.74, 6) is -0.317. The van der Waals surface area contributed by atoms with Crippen LogP contribution in [0.15, 0.2) is 343 Å². The first-order valence-electron chi connectivity index (χ1n) is 31.7. The lowest BCUT2D eigenvalue weighted by Crippen LogP contribution is -2.64. The van der Waals surface area contributed by atoms with Crippen LogP contribution < -0.4 is 57.7 Å². The lowest BCUT2D eigenvalue weighted by molar-refractivity contribution is 0.629. The van der Waals surface area contributed by atoms with Crippen molar-refractivity contribution in [3.05, 3.63) is 339 Å². The van der Waals surface area contributed by atoms with Gasteiger partial charge in [0.05, 0.1) is 17.1 Å². The van der Waals surface area contributed by atoms with Crippen LogP contribution in [0.3, 0.4) is 0 Å². The molecule has 0 fully saturated rings. The maximum Gasteiger partial charge on any atom is 0.252 e. The molecule has 93 heavy (non-hydrogen) atoms. The fraction of sp³-hybridized carbons (Fsp3) is 0. The van der Waals surface area contributed by atoms with E-state index in [0.717, 1.165) is 128 Å². The minimum absolute atomic E-state index is 0.187. The van der Waals surface area contributed by atoms with Crippen molar-refractivity contribution in [2.24, 2.45) is 0 Å². The summed E-state index contributed by atoms with van der Waals surface area (Å²) in [6, 6.07) is 119. The molecule has 4 heterocycles. The van der Waals surface area contributed by atoms with Crippen molar-refractivity contribution < 1.29 is 4.39 Å². The second-order valence-electron chi connectivity index (χ2n) is 24.1. The lowest BCUT2D eigenvalue weighted by Gasteiger charge is -2.46. The van der Waals surface area contributed by atoms with Gasteiger partial charge in [0.15, 0.2) is 0 Å². The van der Waals surface area contributed by atoms with Crippen LogP contribution >= 0.6 is 11.8 Å². The van der Waals surface area contributed by atoms with E-state index in [2.05, 4.69) is 328 Å².